The van der Waals surface area contributed by atoms with Crippen molar-refractivity contribution in [1.29, 1.82) is 0 Å². The Balaban J connectivity index is 2.41. The highest BCUT2D eigenvalue weighted by Gasteiger charge is 2.05. The first-order valence-corrected chi connectivity index (χ1v) is 4.61. The molecule has 15 heavy (non-hydrogen) atoms. The smallest absolute Gasteiger partial charge is 0.221 e. The number of carbonyl (C=O) groups excluding carboxylic acids is 1. The fraction of sp³-hybridized carbons (Fsp3) is 0.400. The second-order valence-corrected chi connectivity index (χ2v) is 3.16. The molecule has 5 nitrogen and oxygen atoms in total. The average molecular weight is 206 g/mol. The number of anilines is 1. The van der Waals surface area contributed by atoms with Crippen LogP contribution in [-0.4, -0.2) is 15.7 Å². The Labute approximate surface area is 88.6 Å². The monoisotopic (exact) mass is 206 g/mol. The van der Waals surface area contributed by atoms with Gasteiger partial charge in [-0.15, -0.1) is 12.3 Å². The van der Waals surface area contributed by atoms with E-state index >= 15 is 0 Å². The van der Waals surface area contributed by atoms with E-state index in [4.69, 9.17) is 12.2 Å². The van der Waals surface area contributed by atoms with Gasteiger partial charge in [0.2, 0.25) is 5.91 Å². The van der Waals surface area contributed by atoms with Crippen molar-refractivity contribution in [3.8, 4) is 12.3 Å². The second-order valence-electron chi connectivity index (χ2n) is 3.16. The van der Waals surface area contributed by atoms with Crippen molar-refractivity contribution in [1.82, 2.24) is 15.1 Å². The third-order valence-corrected chi connectivity index (χ3v) is 2.04. The van der Waals surface area contributed by atoms with Gasteiger partial charge in [0.05, 0.1) is 6.20 Å². The third-order valence-electron chi connectivity index (χ3n) is 2.04. The van der Waals surface area contributed by atoms with Gasteiger partial charge in [-0.3, -0.25) is 9.48 Å². The summed E-state index contributed by atoms with van der Waals surface area (Å²) in [5.41, 5.74) is 6.52. The fourth-order valence-electron chi connectivity index (χ4n) is 1.10. The number of nitrogens with zero attached hydrogens (tertiary/aromatic N) is 2. The molecule has 0 aliphatic rings. The summed E-state index contributed by atoms with van der Waals surface area (Å²) >= 11 is 0. The highest BCUT2D eigenvalue weighted by molar-refractivity contribution is 5.76. The van der Waals surface area contributed by atoms with Gasteiger partial charge in [-0.25, -0.2) is 0 Å². The molecular weight excluding hydrogens is 192 g/mol. The summed E-state index contributed by atoms with van der Waals surface area (Å²) in [5, 5.41) is 6.68. The fourth-order valence-corrected chi connectivity index (χ4v) is 1.10. The molecule has 0 fully saturated rings. The number of nitrogen functional groups attached to an aromatic ring is 1. The Morgan fingerprint density at radius 2 is 2.53 bits per heavy atom. The Hall–Kier alpha value is -1.96. The molecule has 0 aromatic carbocycles. The second kappa shape index (κ2) is 5.05. The molecule has 80 valence electrons. The summed E-state index contributed by atoms with van der Waals surface area (Å²) in [5.74, 6) is 2.90. The standard InChI is InChI=1S/C10H14N4O/c1-3-4-5-9(15)12-6-8-7-13-14(2)10(8)11/h1,7H,4-6,11H2,2H3,(H,12,15). The topological polar surface area (TPSA) is 72.9 Å². The van der Waals surface area contributed by atoms with E-state index in [9.17, 15) is 4.79 Å². The van der Waals surface area contributed by atoms with Crippen LogP contribution in [0.2, 0.25) is 0 Å². The molecule has 0 aliphatic heterocycles. The molecule has 0 bridgehead atoms. The average Bonchev–Trinajstić information content (AvgIpc) is 2.54. The molecular formula is C10H14N4O. The number of hydrogen-bond acceptors (Lipinski definition) is 3. The normalized spacial score (nSPS) is 9.60. The van der Waals surface area contributed by atoms with Crippen molar-refractivity contribution >= 4 is 11.7 Å². The van der Waals surface area contributed by atoms with Gasteiger partial charge >= 0.3 is 0 Å². The lowest BCUT2D eigenvalue weighted by molar-refractivity contribution is -0.121. The van der Waals surface area contributed by atoms with E-state index < -0.39 is 0 Å². The molecule has 1 rings (SSSR count). The van der Waals surface area contributed by atoms with E-state index in [0.29, 0.717) is 25.2 Å². The molecule has 0 spiro atoms. The van der Waals surface area contributed by atoms with Crippen molar-refractivity contribution in [2.24, 2.45) is 7.05 Å². The van der Waals surface area contributed by atoms with Crippen molar-refractivity contribution in [2.45, 2.75) is 19.4 Å². The number of rotatable bonds is 4. The molecule has 0 saturated heterocycles. The number of nitrogens with two attached hydrogens (primary N) is 1. The Kier molecular flexibility index (Phi) is 3.75. The maximum Gasteiger partial charge on any atom is 0.221 e. The number of carbonyl (C=O) groups is 1. The first-order chi connectivity index (χ1) is 7.15. The van der Waals surface area contributed by atoms with Crippen molar-refractivity contribution in [2.75, 3.05) is 5.73 Å². The van der Waals surface area contributed by atoms with Gasteiger partial charge in [0, 0.05) is 32.0 Å². The maximum absolute atomic E-state index is 11.2. The van der Waals surface area contributed by atoms with Gasteiger partial charge in [0.1, 0.15) is 5.82 Å². The minimum absolute atomic E-state index is 0.0730. The van der Waals surface area contributed by atoms with Crippen LogP contribution in [0.5, 0.6) is 0 Å². The van der Waals surface area contributed by atoms with E-state index in [0.717, 1.165) is 5.56 Å². The summed E-state index contributed by atoms with van der Waals surface area (Å²) in [6.07, 6.45) is 7.48. The first kappa shape index (κ1) is 11.1. The lowest BCUT2D eigenvalue weighted by Crippen LogP contribution is -2.22. The van der Waals surface area contributed by atoms with Crippen LogP contribution in [0.25, 0.3) is 0 Å². The Morgan fingerprint density at radius 3 is 3.07 bits per heavy atom. The summed E-state index contributed by atoms with van der Waals surface area (Å²) in [6.45, 7) is 0.392. The number of aromatic nitrogens is 2. The van der Waals surface area contributed by atoms with Crippen LogP contribution in [0.4, 0.5) is 5.82 Å². The van der Waals surface area contributed by atoms with E-state index in [1.807, 2.05) is 0 Å². The number of terminal acetylenes is 1. The quantitative estimate of drug-likeness (QED) is 0.683. The van der Waals surface area contributed by atoms with Gasteiger partial charge in [-0.1, -0.05) is 0 Å². The molecule has 0 radical (unpaired) electrons. The zero-order valence-corrected chi connectivity index (χ0v) is 8.66. The minimum atomic E-state index is -0.0730. The summed E-state index contributed by atoms with van der Waals surface area (Å²) in [4.78, 5) is 11.2. The van der Waals surface area contributed by atoms with Crippen molar-refractivity contribution < 1.29 is 4.79 Å². The van der Waals surface area contributed by atoms with Crippen LogP contribution in [0, 0.1) is 12.3 Å². The zero-order valence-electron chi connectivity index (χ0n) is 8.66. The largest absolute Gasteiger partial charge is 0.384 e. The van der Waals surface area contributed by atoms with E-state index in [1.165, 1.54) is 0 Å². The number of hydrogen-bond donors (Lipinski definition) is 2. The third kappa shape index (κ3) is 3.02. The highest BCUT2D eigenvalue weighted by Crippen LogP contribution is 2.08. The van der Waals surface area contributed by atoms with E-state index in [-0.39, 0.29) is 5.91 Å². The van der Waals surface area contributed by atoms with Crippen LogP contribution < -0.4 is 11.1 Å². The summed E-state index contributed by atoms with van der Waals surface area (Å²) < 4.78 is 1.56. The summed E-state index contributed by atoms with van der Waals surface area (Å²) in [7, 11) is 1.75. The van der Waals surface area contributed by atoms with Crippen LogP contribution in [0.1, 0.15) is 18.4 Å². The van der Waals surface area contributed by atoms with Crippen LogP contribution in [0.3, 0.4) is 0 Å². The lowest BCUT2D eigenvalue weighted by Gasteiger charge is -2.03. The van der Waals surface area contributed by atoms with Crippen LogP contribution >= 0.6 is 0 Å². The van der Waals surface area contributed by atoms with Gasteiger partial charge < -0.3 is 11.1 Å². The molecule has 0 atom stereocenters. The first-order valence-electron chi connectivity index (χ1n) is 4.61. The number of nitrogens with one attached hydrogen (secondary N) is 1. The van der Waals surface area contributed by atoms with Gasteiger partial charge in [0.15, 0.2) is 0 Å². The Morgan fingerprint density at radius 1 is 1.80 bits per heavy atom. The molecule has 1 aromatic rings. The molecule has 0 unspecified atom stereocenters. The minimum Gasteiger partial charge on any atom is -0.384 e. The molecule has 5 heteroatoms. The predicted octanol–water partition coefficient (Wildman–Crippen LogP) is 0.0319. The SMILES string of the molecule is C#CCCC(=O)NCc1cnn(C)c1N. The molecule has 1 heterocycles. The van der Waals surface area contributed by atoms with Gasteiger partial charge in [0.25, 0.3) is 0 Å². The molecule has 3 N–H and O–H groups in total. The summed E-state index contributed by atoms with van der Waals surface area (Å²) in [6, 6.07) is 0. The molecule has 1 amide bonds. The van der Waals surface area contributed by atoms with Gasteiger partial charge in [-0.05, 0) is 0 Å². The van der Waals surface area contributed by atoms with Gasteiger partial charge in [-0.2, -0.15) is 5.10 Å². The van der Waals surface area contributed by atoms with Crippen LogP contribution in [-0.2, 0) is 18.4 Å². The number of aryl methyl sites for hydroxylation is 1. The van der Waals surface area contributed by atoms with E-state index in [1.54, 1.807) is 17.9 Å². The molecule has 0 saturated carbocycles. The lowest BCUT2D eigenvalue weighted by atomic mass is 10.3. The molecule has 0 aliphatic carbocycles. The maximum atomic E-state index is 11.2. The van der Waals surface area contributed by atoms with E-state index in [2.05, 4.69) is 16.3 Å². The highest BCUT2D eigenvalue weighted by atomic mass is 16.1. The van der Waals surface area contributed by atoms with Crippen molar-refractivity contribution in [3.63, 3.8) is 0 Å². The Bertz CT molecular complexity index is 389. The number of amides is 1. The zero-order chi connectivity index (χ0) is 11.3. The molecule has 1 aromatic heterocycles. The predicted molar refractivity (Wildman–Crippen MR) is 57.5 cm³/mol. The van der Waals surface area contributed by atoms with Crippen molar-refractivity contribution in [3.05, 3.63) is 11.8 Å². The van der Waals surface area contributed by atoms with Crippen LogP contribution in [0.15, 0.2) is 6.20 Å².